The number of carboxylic acids is 1. The van der Waals surface area contributed by atoms with Gasteiger partial charge in [-0.25, -0.2) is 4.79 Å². The predicted molar refractivity (Wildman–Crippen MR) is 59.3 cm³/mol. The smallest absolute Gasteiger partial charge is 0.331 e. The first kappa shape index (κ1) is 12.3. The Hall–Kier alpha value is -1.81. The van der Waals surface area contributed by atoms with Gasteiger partial charge in [-0.1, -0.05) is 24.8 Å². The summed E-state index contributed by atoms with van der Waals surface area (Å²) >= 11 is 0. The average Bonchev–Trinajstić information content (AvgIpc) is 2.30. The molecule has 86 valence electrons. The number of carbonyl (C=O) groups is 1. The lowest BCUT2D eigenvalue weighted by Crippen LogP contribution is -2.22. The van der Waals surface area contributed by atoms with Crippen LogP contribution in [0, 0.1) is 5.92 Å². The average molecular weight is 222 g/mol. The van der Waals surface area contributed by atoms with Crippen LogP contribution in [0.15, 0.2) is 42.5 Å². The fraction of sp³-hybridized carbons (Fsp3) is 0.250. The molecule has 0 aliphatic heterocycles. The first-order chi connectivity index (χ1) is 7.65. The van der Waals surface area contributed by atoms with Crippen molar-refractivity contribution < 1.29 is 19.7 Å². The molecule has 1 unspecified atom stereocenters. The highest BCUT2D eigenvalue weighted by Crippen LogP contribution is 2.13. The van der Waals surface area contributed by atoms with Crippen molar-refractivity contribution in [2.75, 3.05) is 13.2 Å². The highest BCUT2D eigenvalue weighted by Gasteiger charge is 2.18. The van der Waals surface area contributed by atoms with Crippen LogP contribution in [0.1, 0.15) is 0 Å². The van der Waals surface area contributed by atoms with Crippen molar-refractivity contribution >= 4 is 5.97 Å². The van der Waals surface area contributed by atoms with Crippen LogP contribution in [0.5, 0.6) is 5.75 Å². The summed E-state index contributed by atoms with van der Waals surface area (Å²) in [6, 6.07) is 9.01. The van der Waals surface area contributed by atoms with Crippen LogP contribution >= 0.6 is 0 Å². The second-order valence-electron chi connectivity index (χ2n) is 3.33. The number of hydrogen-bond acceptors (Lipinski definition) is 3. The number of aliphatic hydroxyl groups excluding tert-OH is 1. The zero-order valence-corrected chi connectivity index (χ0v) is 8.80. The molecule has 0 spiro atoms. The zero-order chi connectivity index (χ0) is 12.0. The highest BCUT2D eigenvalue weighted by atomic mass is 16.5. The van der Waals surface area contributed by atoms with E-state index in [2.05, 4.69) is 6.58 Å². The van der Waals surface area contributed by atoms with Crippen molar-refractivity contribution in [1.29, 1.82) is 0 Å². The molecule has 0 bridgehead atoms. The van der Waals surface area contributed by atoms with E-state index in [1.54, 1.807) is 12.1 Å². The second kappa shape index (κ2) is 5.92. The van der Waals surface area contributed by atoms with Gasteiger partial charge in [0.25, 0.3) is 0 Å². The van der Waals surface area contributed by atoms with E-state index in [1.165, 1.54) is 0 Å². The first-order valence-electron chi connectivity index (χ1n) is 4.86. The van der Waals surface area contributed by atoms with Crippen molar-refractivity contribution in [2.24, 2.45) is 5.92 Å². The van der Waals surface area contributed by atoms with Crippen LogP contribution in [-0.2, 0) is 4.79 Å². The standard InChI is InChI=1S/C12H14O4/c1-9(12(14)15)10(7-13)8-16-11-5-3-2-4-6-11/h2-6,10,13H,1,7-8H2,(H,14,15). The summed E-state index contributed by atoms with van der Waals surface area (Å²) in [7, 11) is 0. The van der Waals surface area contributed by atoms with Crippen LogP contribution in [0.4, 0.5) is 0 Å². The first-order valence-corrected chi connectivity index (χ1v) is 4.86. The van der Waals surface area contributed by atoms with Crippen molar-refractivity contribution in [3.8, 4) is 5.75 Å². The molecule has 0 aliphatic rings. The van der Waals surface area contributed by atoms with E-state index >= 15 is 0 Å². The van der Waals surface area contributed by atoms with Crippen molar-refractivity contribution in [2.45, 2.75) is 0 Å². The molecule has 0 amide bonds. The molecule has 1 rings (SSSR count). The van der Waals surface area contributed by atoms with Crippen molar-refractivity contribution in [3.05, 3.63) is 42.5 Å². The number of aliphatic hydroxyl groups is 1. The molecule has 0 saturated heterocycles. The number of para-hydroxylation sites is 1. The fourth-order valence-corrected chi connectivity index (χ4v) is 1.15. The van der Waals surface area contributed by atoms with Gasteiger partial charge < -0.3 is 14.9 Å². The van der Waals surface area contributed by atoms with Gasteiger partial charge in [-0.2, -0.15) is 0 Å². The van der Waals surface area contributed by atoms with E-state index in [9.17, 15) is 4.79 Å². The number of rotatable bonds is 6. The highest BCUT2D eigenvalue weighted by molar-refractivity contribution is 5.86. The van der Waals surface area contributed by atoms with Crippen molar-refractivity contribution in [1.82, 2.24) is 0 Å². The molecule has 0 heterocycles. The molecule has 0 aromatic heterocycles. The molecule has 0 fully saturated rings. The van der Waals surface area contributed by atoms with E-state index in [-0.39, 0.29) is 18.8 Å². The molecule has 1 atom stereocenters. The van der Waals surface area contributed by atoms with Gasteiger partial charge in [-0.15, -0.1) is 0 Å². The van der Waals surface area contributed by atoms with Gasteiger partial charge in [0.15, 0.2) is 0 Å². The molecular weight excluding hydrogens is 208 g/mol. The minimum Gasteiger partial charge on any atom is -0.493 e. The van der Waals surface area contributed by atoms with Gasteiger partial charge in [-0.3, -0.25) is 0 Å². The SMILES string of the molecule is C=C(C(=O)O)C(CO)COc1ccccc1. The van der Waals surface area contributed by atoms with Crippen LogP contribution < -0.4 is 4.74 Å². The Morgan fingerprint density at radius 1 is 1.38 bits per heavy atom. The maximum absolute atomic E-state index is 10.6. The Morgan fingerprint density at radius 3 is 2.50 bits per heavy atom. The van der Waals surface area contributed by atoms with E-state index in [0.29, 0.717) is 5.75 Å². The van der Waals surface area contributed by atoms with Gasteiger partial charge in [0.2, 0.25) is 0 Å². The van der Waals surface area contributed by atoms with Gasteiger partial charge in [-0.05, 0) is 12.1 Å². The van der Waals surface area contributed by atoms with Gasteiger partial charge in [0.05, 0.1) is 13.2 Å². The number of hydrogen-bond donors (Lipinski definition) is 2. The molecule has 1 aromatic carbocycles. The minimum absolute atomic E-state index is 0.0431. The van der Waals surface area contributed by atoms with Gasteiger partial charge in [0.1, 0.15) is 5.75 Å². The Labute approximate surface area is 93.8 Å². The van der Waals surface area contributed by atoms with E-state index in [0.717, 1.165) is 0 Å². The fourth-order valence-electron chi connectivity index (χ4n) is 1.15. The second-order valence-corrected chi connectivity index (χ2v) is 3.33. The molecule has 1 aromatic rings. The number of ether oxygens (including phenoxy) is 1. The quantitative estimate of drug-likeness (QED) is 0.712. The Bertz CT molecular complexity index is 359. The molecule has 4 nitrogen and oxygen atoms in total. The molecule has 16 heavy (non-hydrogen) atoms. The molecule has 4 heteroatoms. The lowest BCUT2D eigenvalue weighted by atomic mass is 10.0. The van der Waals surface area contributed by atoms with E-state index in [1.807, 2.05) is 18.2 Å². The summed E-state index contributed by atoms with van der Waals surface area (Å²) in [6.07, 6.45) is 0. The summed E-state index contributed by atoms with van der Waals surface area (Å²) in [5.41, 5.74) is -0.0431. The molecule has 0 saturated carbocycles. The van der Waals surface area contributed by atoms with Gasteiger partial charge >= 0.3 is 5.97 Å². The summed E-state index contributed by atoms with van der Waals surface area (Å²) in [5.74, 6) is -1.06. The van der Waals surface area contributed by atoms with Crippen LogP contribution in [0.25, 0.3) is 0 Å². The largest absolute Gasteiger partial charge is 0.493 e. The molecule has 2 N–H and O–H groups in total. The van der Waals surface area contributed by atoms with Gasteiger partial charge in [0, 0.05) is 11.5 Å². The Balaban J connectivity index is 2.52. The van der Waals surface area contributed by atoms with Crippen LogP contribution in [0.2, 0.25) is 0 Å². The third-order valence-corrected chi connectivity index (χ3v) is 2.18. The lowest BCUT2D eigenvalue weighted by molar-refractivity contribution is -0.133. The van der Waals surface area contributed by atoms with Crippen LogP contribution in [-0.4, -0.2) is 29.4 Å². The number of carboxylic acid groups (broad SMARTS) is 1. The van der Waals surface area contributed by atoms with E-state index in [4.69, 9.17) is 14.9 Å². The van der Waals surface area contributed by atoms with Crippen LogP contribution in [0.3, 0.4) is 0 Å². The summed E-state index contributed by atoms with van der Waals surface area (Å²) in [4.78, 5) is 10.6. The van der Waals surface area contributed by atoms with E-state index < -0.39 is 11.9 Å². The summed E-state index contributed by atoms with van der Waals surface area (Å²) < 4.78 is 5.35. The predicted octanol–water partition coefficient (Wildman–Crippen LogP) is 1.31. The molecule has 0 radical (unpaired) electrons. The van der Waals surface area contributed by atoms with Crippen molar-refractivity contribution in [3.63, 3.8) is 0 Å². The maximum atomic E-state index is 10.6. The zero-order valence-electron chi connectivity index (χ0n) is 8.80. The molecular formula is C12H14O4. The Kier molecular flexibility index (Phi) is 4.54. The Morgan fingerprint density at radius 2 is 2.00 bits per heavy atom. The third kappa shape index (κ3) is 3.40. The number of aliphatic carboxylic acids is 1. The summed E-state index contributed by atoms with van der Waals surface area (Å²) in [5, 5.41) is 17.7. The normalized spacial score (nSPS) is 11.8. The summed E-state index contributed by atoms with van der Waals surface area (Å²) in [6.45, 7) is 3.21. The molecule has 0 aliphatic carbocycles. The lowest BCUT2D eigenvalue weighted by Gasteiger charge is -2.15. The monoisotopic (exact) mass is 222 g/mol. The number of benzene rings is 1. The minimum atomic E-state index is -1.12. The maximum Gasteiger partial charge on any atom is 0.331 e. The topological polar surface area (TPSA) is 66.8 Å². The third-order valence-electron chi connectivity index (χ3n) is 2.18.